The minimum absolute atomic E-state index is 0.191. The van der Waals surface area contributed by atoms with Crippen molar-refractivity contribution in [1.82, 2.24) is 5.32 Å². The lowest BCUT2D eigenvalue weighted by molar-refractivity contribution is -0.124. The smallest absolute Gasteiger partial charge is 0.230 e. The summed E-state index contributed by atoms with van der Waals surface area (Å²) >= 11 is 0. The van der Waals surface area contributed by atoms with Crippen LogP contribution in [0.1, 0.15) is 44.1 Å². The Morgan fingerprint density at radius 2 is 1.89 bits per heavy atom. The van der Waals surface area contributed by atoms with Gasteiger partial charge in [-0.1, -0.05) is 36.8 Å². The fraction of sp³-hybridized carbons (Fsp3) is 0.588. The van der Waals surface area contributed by atoms with Gasteiger partial charge >= 0.3 is 0 Å². The second kappa shape index (κ2) is 4.09. The largest absolute Gasteiger partial charge is 0.352 e. The number of amides is 1. The van der Waals surface area contributed by atoms with Crippen LogP contribution in [0.4, 0.5) is 0 Å². The first kappa shape index (κ1) is 11.5. The molecule has 0 aliphatic heterocycles. The van der Waals surface area contributed by atoms with E-state index in [0.29, 0.717) is 6.04 Å². The number of benzene rings is 1. The molecule has 0 saturated heterocycles. The van der Waals surface area contributed by atoms with E-state index in [9.17, 15) is 4.79 Å². The van der Waals surface area contributed by atoms with Gasteiger partial charge in [0.05, 0.1) is 5.41 Å². The molecular formula is C17H21NO. The van der Waals surface area contributed by atoms with Crippen molar-refractivity contribution in [1.29, 1.82) is 0 Å². The third kappa shape index (κ3) is 1.80. The lowest BCUT2D eigenvalue weighted by Gasteiger charge is -2.26. The van der Waals surface area contributed by atoms with Crippen molar-refractivity contribution in [3.8, 4) is 0 Å². The lowest BCUT2D eigenvalue weighted by atomic mass is 9.91. The van der Waals surface area contributed by atoms with Crippen LogP contribution in [0, 0.1) is 11.8 Å². The van der Waals surface area contributed by atoms with Crippen LogP contribution in [-0.4, -0.2) is 11.9 Å². The molecule has 3 fully saturated rings. The lowest BCUT2D eigenvalue weighted by Crippen LogP contribution is -2.44. The summed E-state index contributed by atoms with van der Waals surface area (Å²) in [5.41, 5.74) is 1.01. The number of hydrogen-bond donors (Lipinski definition) is 1. The highest BCUT2D eigenvalue weighted by molar-refractivity contribution is 5.91. The van der Waals surface area contributed by atoms with E-state index in [4.69, 9.17) is 0 Å². The molecule has 3 saturated carbocycles. The third-order valence-corrected chi connectivity index (χ3v) is 5.57. The second-order valence-electron chi connectivity index (χ2n) is 6.70. The minimum atomic E-state index is -0.191. The molecule has 0 unspecified atom stereocenters. The standard InChI is InChI=1S/C17H21NO/c19-16(18-15-11-12-6-7-13(15)10-12)17(8-9-17)14-4-2-1-3-5-14/h1-5,12-13,15H,6-11H2,(H,18,19)/t12-,13+,15+/m0/s1. The Morgan fingerprint density at radius 1 is 1.11 bits per heavy atom. The Balaban J connectivity index is 1.49. The average molecular weight is 255 g/mol. The molecule has 0 radical (unpaired) electrons. The van der Waals surface area contributed by atoms with Crippen molar-refractivity contribution < 1.29 is 4.79 Å². The van der Waals surface area contributed by atoms with Crippen LogP contribution in [0.5, 0.6) is 0 Å². The van der Waals surface area contributed by atoms with E-state index < -0.39 is 0 Å². The SMILES string of the molecule is O=C(N[C@@H]1C[C@H]2CC[C@@H]1C2)C1(c2ccccc2)CC1. The maximum atomic E-state index is 12.6. The molecule has 100 valence electrons. The Morgan fingerprint density at radius 3 is 2.47 bits per heavy atom. The highest BCUT2D eigenvalue weighted by Gasteiger charge is 2.52. The topological polar surface area (TPSA) is 29.1 Å². The molecule has 0 heterocycles. The van der Waals surface area contributed by atoms with E-state index in [1.165, 1.54) is 31.2 Å². The molecular weight excluding hydrogens is 234 g/mol. The second-order valence-corrected chi connectivity index (χ2v) is 6.70. The average Bonchev–Trinajstić information content (AvgIpc) is 3.01. The van der Waals surface area contributed by atoms with Crippen LogP contribution in [0.2, 0.25) is 0 Å². The van der Waals surface area contributed by atoms with Crippen LogP contribution in [0.15, 0.2) is 30.3 Å². The van der Waals surface area contributed by atoms with E-state index >= 15 is 0 Å². The quantitative estimate of drug-likeness (QED) is 0.883. The van der Waals surface area contributed by atoms with E-state index in [-0.39, 0.29) is 11.3 Å². The number of rotatable bonds is 3. The van der Waals surface area contributed by atoms with Gasteiger partial charge in [0.15, 0.2) is 0 Å². The molecule has 2 bridgehead atoms. The first-order chi connectivity index (χ1) is 9.28. The fourth-order valence-electron chi connectivity index (χ4n) is 4.26. The van der Waals surface area contributed by atoms with Crippen molar-refractivity contribution in [2.24, 2.45) is 11.8 Å². The molecule has 3 atom stereocenters. The highest BCUT2D eigenvalue weighted by Crippen LogP contribution is 2.50. The maximum absolute atomic E-state index is 12.6. The number of hydrogen-bond acceptors (Lipinski definition) is 1. The van der Waals surface area contributed by atoms with Crippen LogP contribution in [-0.2, 0) is 10.2 Å². The van der Waals surface area contributed by atoms with E-state index in [1.807, 2.05) is 18.2 Å². The van der Waals surface area contributed by atoms with Crippen molar-refractivity contribution in [3.05, 3.63) is 35.9 Å². The summed E-state index contributed by atoms with van der Waals surface area (Å²) in [5.74, 6) is 1.94. The number of fused-ring (bicyclic) bond motifs is 2. The van der Waals surface area contributed by atoms with Crippen molar-refractivity contribution in [2.75, 3.05) is 0 Å². The Bertz CT molecular complexity index is 491. The van der Waals surface area contributed by atoms with E-state index in [2.05, 4.69) is 17.4 Å². The molecule has 3 aliphatic rings. The zero-order valence-electron chi connectivity index (χ0n) is 11.3. The van der Waals surface area contributed by atoms with Crippen LogP contribution in [0.3, 0.4) is 0 Å². The van der Waals surface area contributed by atoms with Gasteiger partial charge in [-0.15, -0.1) is 0 Å². The van der Waals surface area contributed by atoms with Gasteiger partial charge in [-0.3, -0.25) is 4.79 Å². The number of carbonyl (C=O) groups excluding carboxylic acids is 1. The highest BCUT2D eigenvalue weighted by atomic mass is 16.2. The summed E-state index contributed by atoms with van der Waals surface area (Å²) in [6.45, 7) is 0. The molecule has 3 aliphatic carbocycles. The van der Waals surface area contributed by atoms with Crippen molar-refractivity contribution in [3.63, 3.8) is 0 Å². The first-order valence-corrected chi connectivity index (χ1v) is 7.64. The Labute approximate surface area is 114 Å². The monoisotopic (exact) mass is 255 g/mol. The predicted octanol–water partition coefficient (Wildman–Crippen LogP) is 3.02. The summed E-state index contributed by atoms with van der Waals surface area (Å²) in [4.78, 5) is 12.6. The number of nitrogens with one attached hydrogen (secondary N) is 1. The predicted molar refractivity (Wildman–Crippen MR) is 74.7 cm³/mol. The van der Waals surface area contributed by atoms with Gasteiger partial charge in [-0.05, 0) is 49.5 Å². The van der Waals surface area contributed by atoms with Gasteiger partial charge < -0.3 is 5.32 Å². The fourth-order valence-corrected chi connectivity index (χ4v) is 4.26. The van der Waals surface area contributed by atoms with E-state index in [0.717, 1.165) is 24.7 Å². The van der Waals surface area contributed by atoms with Crippen LogP contribution in [0.25, 0.3) is 0 Å². The van der Waals surface area contributed by atoms with Crippen molar-refractivity contribution >= 4 is 5.91 Å². The molecule has 4 rings (SSSR count). The zero-order valence-corrected chi connectivity index (χ0v) is 11.3. The third-order valence-electron chi connectivity index (χ3n) is 5.57. The molecule has 2 heteroatoms. The zero-order chi connectivity index (χ0) is 12.9. The molecule has 1 aromatic rings. The molecule has 0 spiro atoms. The van der Waals surface area contributed by atoms with Gasteiger partial charge in [0.1, 0.15) is 0 Å². The van der Waals surface area contributed by atoms with Crippen molar-refractivity contribution in [2.45, 2.75) is 50.0 Å². The van der Waals surface area contributed by atoms with Crippen LogP contribution >= 0.6 is 0 Å². The summed E-state index contributed by atoms with van der Waals surface area (Å²) in [6, 6.07) is 10.8. The van der Waals surface area contributed by atoms with Gasteiger partial charge in [-0.25, -0.2) is 0 Å². The van der Waals surface area contributed by atoms with Crippen LogP contribution < -0.4 is 5.32 Å². The molecule has 2 nitrogen and oxygen atoms in total. The molecule has 19 heavy (non-hydrogen) atoms. The molecule has 1 aromatic carbocycles. The van der Waals surface area contributed by atoms with Gasteiger partial charge in [0.25, 0.3) is 0 Å². The summed E-state index contributed by atoms with van der Waals surface area (Å²) < 4.78 is 0. The Hall–Kier alpha value is -1.31. The maximum Gasteiger partial charge on any atom is 0.230 e. The summed E-state index contributed by atoms with van der Waals surface area (Å²) in [7, 11) is 0. The number of carbonyl (C=O) groups is 1. The summed E-state index contributed by atoms with van der Waals surface area (Å²) in [5, 5.41) is 3.37. The van der Waals surface area contributed by atoms with Gasteiger partial charge in [0.2, 0.25) is 5.91 Å². The van der Waals surface area contributed by atoms with Gasteiger partial charge in [0, 0.05) is 6.04 Å². The molecule has 1 N–H and O–H groups in total. The van der Waals surface area contributed by atoms with Gasteiger partial charge in [-0.2, -0.15) is 0 Å². The van der Waals surface area contributed by atoms with E-state index in [1.54, 1.807) is 0 Å². The Kier molecular flexibility index (Phi) is 2.48. The molecule has 0 aromatic heterocycles. The minimum Gasteiger partial charge on any atom is -0.352 e. The summed E-state index contributed by atoms with van der Waals surface area (Å²) in [6.07, 6.45) is 7.33. The normalized spacial score (nSPS) is 34.2. The first-order valence-electron chi connectivity index (χ1n) is 7.64. The molecule has 1 amide bonds.